The second kappa shape index (κ2) is 5.25. The van der Waals surface area contributed by atoms with Gasteiger partial charge in [-0.15, -0.1) is 0 Å². The topological polar surface area (TPSA) is 40.2 Å². The van der Waals surface area contributed by atoms with Gasteiger partial charge in [-0.05, 0) is 42.8 Å². The highest BCUT2D eigenvalue weighted by Gasteiger charge is 2.03. The first-order chi connectivity index (χ1) is 8.24. The average Bonchev–Trinajstić information content (AvgIpc) is 2.78. The largest absolute Gasteiger partial charge is 0.495 e. The van der Waals surface area contributed by atoms with E-state index >= 15 is 0 Å². The normalized spacial score (nSPS) is 10.5. The molecule has 0 radical (unpaired) electrons. The number of benzene rings is 1. The van der Waals surface area contributed by atoms with Gasteiger partial charge in [0, 0.05) is 18.1 Å². The molecule has 2 rings (SSSR count). The number of halogens is 1. The summed E-state index contributed by atoms with van der Waals surface area (Å²) in [7, 11) is 1.61. The Balaban J connectivity index is 2.29. The van der Waals surface area contributed by atoms with E-state index in [1.165, 1.54) is 5.56 Å². The van der Waals surface area contributed by atoms with Crippen molar-refractivity contribution >= 4 is 11.6 Å². The van der Waals surface area contributed by atoms with Crippen LogP contribution in [0.4, 0.5) is 0 Å². The maximum Gasteiger partial charge on any atom is 0.137 e. The molecule has 0 fully saturated rings. The third-order valence-corrected chi connectivity index (χ3v) is 2.92. The van der Waals surface area contributed by atoms with Crippen molar-refractivity contribution in [1.82, 2.24) is 4.57 Å². The van der Waals surface area contributed by atoms with Crippen molar-refractivity contribution in [2.45, 2.75) is 6.42 Å². The molecule has 4 heteroatoms. The van der Waals surface area contributed by atoms with Crippen LogP contribution in [-0.4, -0.2) is 18.2 Å². The third-order valence-electron chi connectivity index (χ3n) is 2.62. The summed E-state index contributed by atoms with van der Waals surface area (Å²) in [5.41, 5.74) is 7.76. The van der Waals surface area contributed by atoms with Gasteiger partial charge in [0.2, 0.25) is 0 Å². The predicted octanol–water partition coefficient (Wildman–Crippen LogP) is 2.64. The van der Waals surface area contributed by atoms with Gasteiger partial charge >= 0.3 is 0 Å². The van der Waals surface area contributed by atoms with Crippen molar-refractivity contribution in [3.63, 3.8) is 0 Å². The Bertz CT molecular complexity index is 508. The predicted molar refractivity (Wildman–Crippen MR) is 70.1 cm³/mol. The highest BCUT2D eigenvalue weighted by molar-refractivity contribution is 6.32. The molecule has 0 amide bonds. The fourth-order valence-electron chi connectivity index (χ4n) is 1.73. The second-order valence-corrected chi connectivity index (χ2v) is 4.19. The summed E-state index contributed by atoms with van der Waals surface area (Å²) in [6.45, 7) is 0.660. The molecule has 90 valence electrons. The zero-order chi connectivity index (χ0) is 12.3. The van der Waals surface area contributed by atoms with Crippen molar-refractivity contribution in [2.75, 3.05) is 13.7 Å². The van der Waals surface area contributed by atoms with Crippen molar-refractivity contribution < 1.29 is 4.74 Å². The first kappa shape index (κ1) is 12.0. The zero-order valence-corrected chi connectivity index (χ0v) is 10.4. The molecule has 0 saturated heterocycles. The van der Waals surface area contributed by atoms with Crippen LogP contribution in [0.1, 0.15) is 5.56 Å². The van der Waals surface area contributed by atoms with Crippen LogP contribution in [0.15, 0.2) is 36.7 Å². The van der Waals surface area contributed by atoms with E-state index in [1.54, 1.807) is 7.11 Å². The third kappa shape index (κ3) is 2.62. The van der Waals surface area contributed by atoms with Crippen LogP contribution in [-0.2, 0) is 6.42 Å². The molecule has 0 spiro atoms. The highest BCUT2D eigenvalue weighted by atomic mass is 35.5. The summed E-state index contributed by atoms with van der Waals surface area (Å²) < 4.78 is 7.15. The lowest BCUT2D eigenvalue weighted by molar-refractivity contribution is 0.415. The zero-order valence-electron chi connectivity index (χ0n) is 9.69. The molecule has 0 atom stereocenters. The van der Waals surface area contributed by atoms with Crippen LogP contribution < -0.4 is 10.5 Å². The summed E-state index contributed by atoms with van der Waals surface area (Å²) in [5.74, 6) is 0.685. The SMILES string of the molecule is COc1ccc(-n2ccc(CCN)c2)cc1Cl. The van der Waals surface area contributed by atoms with E-state index in [9.17, 15) is 0 Å². The highest BCUT2D eigenvalue weighted by Crippen LogP contribution is 2.26. The first-order valence-corrected chi connectivity index (χ1v) is 5.83. The average molecular weight is 251 g/mol. The van der Waals surface area contributed by atoms with Gasteiger partial charge in [0.15, 0.2) is 0 Å². The molecule has 0 aliphatic carbocycles. The van der Waals surface area contributed by atoms with Crippen LogP contribution in [0.3, 0.4) is 0 Å². The van der Waals surface area contributed by atoms with E-state index in [2.05, 4.69) is 12.3 Å². The molecule has 0 bridgehead atoms. The number of hydrogen-bond donors (Lipinski definition) is 1. The number of methoxy groups -OCH3 is 1. The standard InChI is InChI=1S/C13H15ClN2O/c1-17-13-3-2-11(8-12(13)14)16-7-5-10(9-16)4-6-15/h2-3,5,7-9H,4,6,15H2,1H3. The van der Waals surface area contributed by atoms with E-state index in [1.807, 2.05) is 29.0 Å². The van der Waals surface area contributed by atoms with Crippen molar-refractivity contribution in [1.29, 1.82) is 0 Å². The Morgan fingerprint density at radius 3 is 2.82 bits per heavy atom. The number of ether oxygens (including phenoxy) is 1. The van der Waals surface area contributed by atoms with Gasteiger partial charge in [-0.25, -0.2) is 0 Å². The molecular weight excluding hydrogens is 236 g/mol. The molecule has 1 heterocycles. The van der Waals surface area contributed by atoms with Crippen LogP contribution >= 0.6 is 11.6 Å². The van der Waals surface area contributed by atoms with Crippen molar-refractivity contribution in [3.8, 4) is 11.4 Å². The minimum Gasteiger partial charge on any atom is -0.495 e. The Morgan fingerprint density at radius 1 is 1.35 bits per heavy atom. The summed E-state index contributed by atoms with van der Waals surface area (Å²) >= 11 is 6.09. The summed E-state index contributed by atoms with van der Waals surface area (Å²) in [6.07, 6.45) is 4.95. The number of nitrogens with two attached hydrogens (primary N) is 1. The lowest BCUT2D eigenvalue weighted by atomic mass is 10.2. The number of nitrogens with zero attached hydrogens (tertiary/aromatic N) is 1. The Labute approximate surface area is 106 Å². The van der Waals surface area contributed by atoms with Gasteiger partial charge in [0.25, 0.3) is 0 Å². The molecule has 2 N–H and O–H groups in total. The van der Waals surface area contributed by atoms with Crippen LogP contribution in [0.25, 0.3) is 5.69 Å². The van der Waals surface area contributed by atoms with Gasteiger partial charge < -0.3 is 15.0 Å². The summed E-state index contributed by atoms with van der Waals surface area (Å²) in [4.78, 5) is 0. The fraction of sp³-hybridized carbons (Fsp3) is 0.231. The van der Waals surface area contributed by atoms with Crippen LogP contribution in [0.5, 0.6) is 5.75 Å². The van der Waals surface area contributed by atoms with Crippen LogP contribution in [0, 0.1) is 0 Å². The molecule has 0 unspecified atom stereocenters. The molecule has 1 aromatic heterocycles. The molecule has 17 heavy (non-hydrogen) atoms. The van der Waals surface area contributed by atoms with Gasteiger partial charge in [0.1, 0.15) is 5.75 Å². The number of rotatable bonds is 4. The minimum atomic E-state index is 0.610. The van der Waals surface area contributed by atoms with E-state index in [0.717, 1.165) is 12.1 Å². The van der Waals surface area contributed by atoms with Crippen molar-refractivity contribution in [3.05, 3.63) is 47.2 Å². The Morgan fingerprint density at radius 2 is 2.18 bits per heavy atom. The first-order valence-electron chi connectivity index (χ1n) is 5.45. The molecule has 3 nitrogen and oxygen atoms in total. The van der Waals surface area contributed by atoms with Crippen LogP contribution in [0.2, 0.25) is 5.02 Å². The number of aromatic nitrogens is 1. The molecular formula is C13H15ClN2O. The van der Waals surface area contributed by atoms with Gasteiger partial charge in [-0.1, -0.05) is 11.6 Å². The smallest absolute Gasteiger partial charge is 0.137 e. The van der Waals surface area contributed by atoms with E-state index in [-0.39, 0.29) is 0 Å². The van der Waals surface area contributed by atoms with Crippen molar-refractivity contribution in [2.24, 2.45) is 5.73 Å². The molecule has 0 aliphatic heterocycles. The van der Waals surface area contributed by atoms with E-state index in [0.29, 0.717) is 17.3 Å². The number of hydrogen-bond acceptors (Lipinski definition) is 2. The van der Waals surface area contributed by atoms with Gasteiger partial charge in [-0.3, -0.25) is 0 Å². The van der Waals surface area contributed by atoms with E-state index < -0.39 is 0 Å². The monoisotopic (exact) mass is 250 g/mol. The quantitative estimate of drug-likeness (QED) is 0.906. The fourth-order valence-corrected chi connectivity index (χ4v) is 1.98. The minimum absolute atomic E-state index is 0.610. The lowest BCUT2D eigenvalue weighted by Gasteiger charge is -2.07. The maximum absolute atomic E-state index is 6.09. The van der Waals surface area contributed by atoms with Gasteiger partial charge in [0.05, 0.1) is 12.1 Å². The van der Waals surface area contributed by atoms with Gasteiger partial charge in [-0.2, -0.15) is 0 Å². The van der Waals surface area contributed by atoms with E-state index in [4.69, 9.17) is 22.1 Å². The lowest BCUT2D eigenvalue weighted by Crippen LogP contribution is -2.01. The molecule has 2 aromatic rings. The summed E-state index contributed by atoms with van der Waals surface area (Å²) in [5, 5.41) is 0.610. The molecule has 0 aliphatic rings. The summed E-state index contributed by atoms with van der Waals surface area (Å²) in [6, 6.07) is 7.77. The Hall–Kier alpha value is -1.45. The Kier molecular flexibility index (Phi) is 3.71. The second-order valence-electron chi connectivity index (χ2n) is 3.78. The maximum atomic E-state index is 6.09. The molecule has 0 saturated carbocycles. The molecule has 1 aromatic carbocycles.